The van der Waals surface area contributed by atoms with Gasteiger partial charge in [0.1, 0.15) is 28.0 Å². The van der Waals surface area contributed by atoms with Crippen molar-refractivity contribution in [2.24, 2.45) is 0 Å². The van der Waals surface area contributed by atoms with Crippen LogP contribution in [0.15, 0.2) is 42.5 Å². The van der Waals surface area contributed by atoms with Crippen LogP contribution in [0, 0.1) is 24.4 Å². The zero-order chi connectivity index (χ0) is 18.0. The van der Waals surface area contributed by atoms with Crippen LogP contribution >= 0.6 is 11.3 Å². The number of thiazole rings is 1. The van der Waals surface area contributed by atoms with Gasteiger partial charge in [0.05, 0.1) is 12.2 Å². The Kier molecular flexibility index (Phi) is 4.85. The van der Waals surface area contributed by atoms with E-state index in [-0.39, 0.29) is 12.4 Å². The van der Waals surface area contributed by atoms with Crippen LogP contribution in [0.2, 0.25) is 0 Å². The molecule has 0 saturated heterocycles. The van der Waals surface area contributed by atoms with Crippen molar-refractivity contribution in [1.29, 1.82) is 0 Å². The lowest BCUT2D eigenvalue weighted by atomic mass is 10.2. The lowest BCUT2D eigenvalue weighted by Gasteiger charge is -2.06. The van der Waals surface area contributed by atoms with Crippen LogP contribution in [0.25, 0.3) is 10.6 Å². The van der Waals surface area contributed by atoms with Gasteiger partial charge in [0, 0.05) is 10.4 Å². The number of aromatic nitrogens is 1. The molecule has 0 aliphatic carbocycles. The molecule has 3 nitrogen and oxygen atoms in total. The monoisotopic (exact) mass is 362 g/mol. The van der Waals surface area contributed by atoms with E-state index in [4.69, 9.17) is 0 Å². The Morgan fingerprint density at radius 3 is 2.36 bits per heavy atom. The maximum absolute atomic E-state index is 13.9. The van der Waals surface area contributed by atoms with Gasteiger partial charge in [-0.1, -0.05) is 18.2 Å². The van der Waals surface area contributed by atoms with Gasteiger partial charge >= 0.3 is 0 Å². The minimum atomic E-state index is -0.925. The standard InChI is InChI=1S/C18H13F3N2OS/c1-10-15(25-18(23-10)11-5-2-3-6-12(11)19)9-22-17(24)16-13(20)7-4-8-14(16)21/h2-8H,9H2,1H3,(H,22,24). The molecule has 1 heterocycles. The Morgan fingerprint density at radius 1 is 1.04 bits per heavy atom. The van der Waals surface area contributed by atoms with Crippen LogP contribution in [0.5, 0.6) is 0 Å². The number of aryl methyl sites for hydroxylation is 1. The summed E-state index contributed by atoms with van der Waals surface area (Å²) in [5.41, 5.74) is 0.366. The molecule has 0 aliphatic heterocycles. The fourth-order valence-electron chi connectivity index (χ4n) is 2.31. The average Bonchev–Trinajstić information content (AvgIpc) is 2.94. The topological polar surface area (TPSA) is 42.0 Å². The zero-order valence-corrected chi connectivity index (χ0v) is 14.0. The summed E-state index contributed by atoms with van der Waals surface area (Å²) < 4.78 is 41.1. The summed E-state index contributed by atoms with van der Waals surface area (Å²) in [6.07, 6.45) is 0. The van der Waals surface area contributed by atoms with E-state index in [2.05, 4.69) is 10.3 Å². The molecule has 0 spiro atoms. The van der Waals surface area contributed by atoms with Gasteiger partial charge in [-0.15, -0.1) is 11.3 Å². The predicted molar refractivity (Wildman–Crippen MR) is 89.8 cm³/mol. The summed E-state index contributed by atoms with van der Waals surface area (Å²) in [5, 5.41) is 2.96. The molecule has 7 heteroatoms. The average molecular weight is 362 g/mol. The lowest BCUT2D eigenvalue weighted by Crippen LogP contribution is -2.25. The van der Waals surface area contributed by atoms with Crippen LogP contribution < -0.4 is 5.32 Å². The Morgan fingerprint density at radius 2 is 1.68 bits per heavy atom. The van der Waals surface area contributed by atoms with Gasteiger partial charge in [-0.3, -0.25) is 4.79 Å². The first-order chi connectivity index (χ1) is 12.0. The second-order valence-corrected chi connectivity index (χ2v) is 6.37. The zero-order valence-electron chi connectivity index (χ0n) is 13.1. The lowest BCUT2D eigenvalue weighted by molar-refractivity contribution is 0.0943. The summed E-state index contributed by atoms with van der Waals surface area (Å²) in [7, 11) is 0. The summed E-state index contributed by atoms with van der Waals surface area (Å²) in [6.45, 7) is 1.77. The Bertz CT molecular complexity index is 920. The van der Waals surface area contributed by atoms with E-state index in [1.54, 1.807) is 25.1 Å². The summed E-state index contributed by atoms with van der Waals surface area (Å²) in [5.74, 6) is -3.09. The van der Waals surface area contributed by atoms with E-state index in [0.717, 1.165) is 12.1 Å². The molecule has 0 unspecified atom stereocenters. The molecule has 0 aliphatic rings. The molecular weight excluding hydrogens is 349 g/mol. The summed E-state index contributed by atoms with van der Waals surface area (Å²) in [4.78, 5) is 17.0. The highest BCUT2D eigenvalue weighted by atomic mass is 32.1. The second kappa shape index (κ2) is 7.06. The number of nitrogens with one attached hydrogen (secondary N) is 1. The normalized spacial score (nSPS) is 10.7. The second-order valence-electron chi connectivity index (χ2n) is 5.29. The molecular formula is C18H13F3N2OS. The van der Waals surface area contributed by atoms with E-state index in [9.17, 15) is 18.0 Å². The van der Waals surface area contributed by atoms with E-state index in [1.807, 2.05) is 0 Å². The van der Waals surface area contributed by atoms with Gasteiger partial charge in [0.2, 0.25) is 0 Å². The molecule has 0 fully saturated rings. The van der Waals surface area contributed by atoms with Gasteiger partial charge in [0.15, 0.2) is 0 Å². The molecule has 3 aromatic rings. The largest absolute Gasteiger partial charge is 0.347 e. The molecule has 2 aromatic carbocycles. The van der Waals surface area contributed by atoms with Crippen molar-refractivity contribution < 1.29 is 18.0 Å². The Hall–Kier alpha value is -2.67. The first-order valence-electron chi connectivity index (χ1n) is 7.41. The van der Waals surface area contributed by atoms with Crippen LogP contribution in [0.4, 0.5) is 13.2 Å². The van der Waals surface area contributed by atoms with Gasteiger partial charge in [-0.05, 0) is 31.2 Å². The molecule has 0 saturated carbocycles. The number of carbonyl (C=O) groups excluding carboxylic acids is 1. The van der Waals surface area contributed by atoms with Crippen LogP contribution in [-0.2, 0) is 6.54 Å². The number of nitrogens with zero attached hydrogens (tertiary/aromatic N) is 1. The molecule has 0 atom stereocenters. The quantitative estimate of drug-likeness (QED) is 0.744. The number of benzene rings is 2. The number of amides is 1. The van der Waals surface area contributed by atoms with Gasteiger partial charge in [-0.2, -0.15) is 0 Å². The van der Waals surface area contributed by atoms with Crippen LogP contribution in [-0.4, -0.2) is 10.9 Å². The minimum Gasteiger partial charge on any atom is -0.347 e. The molecule has 1 aromatic heterocycles. The highest BCUT2D eigenvalue weighted by Crippen LogP contribution is 2.29. The number of halogens is 3. The van der Waals surface area contributed by atoms with Crippen molar-refractivity contribution in [1.82, 2.24) is 10.3 Å². The molecule has 1 N–H and O–H groups in total. The fourth-order valence-corrected chi connectivity index (χ4v) is 3.33. The SMILES string of the molecule is Cc1nc(-c2ccccc2F)sc1CNC(=O)c1c(F)cccc1F. The smallest absolute Gasteiger partial charge is 0.257 e. The maximum Gasteiger partial charge on any atom is 0.257 e. The van der Waals surface area contributed by atoms with Gasteiger partial charge < -0.3 is 5.32 Å². The van der Waals surface area contributed by atoms with Gasteiger partial charge in [-0.25, -0.2) is 18.2 Å². The molecule has 1 amide bonds. The van der Waals surface area contributed by atoms with Gasteiger partial charge in [0.25, 0.3) is 5.91 Å². The van der Waals surface area contributed by atoms with Crippen molar-refractivity contribution >= 4 is 17.2 Å². The fraction of sp³-hybridized carbons (Fsp3) is 0.111. The van der Waals surface area contributed by atoms with E-state index in [1.165, 1.54) is 23.5 Å². The maximum atomic E-state index is 13.9. The van der Waals surface area contributed by atoms with E-state index in [0.29, 0.717) is 21.1 Å². The highest BCUT2D eigenvalue weighted by molar-refractivity contribution is 7.15. The third-order valence-corrected chi connectivity index (χ3v) is 4.79. The summed E-state index contributed by atoms with van der Waals surface area (Å²) >= 11 is 1.22. The highest BCUT2D eigenvalue weighted by Gasteiger charge is 2.18. The third kappa shape index (κ3) is 3.56. The third-order valence-electron chi connectivity index (χ3n) is 3.60. The number of hydrogen-bond acceptors (Lipinski definition) is 3. The van der Waals surface area contributed by atoms with E-state index >= 15 is 0 Å². The number of rotatable bonds is 4. The van der Waals surface area contributed by atoms with Crippen LogP contribution in [0.1, 0.15) is 20.9 Å². The van der Waals surface area contributed by atoms with Crippen molar-refractivity contribution in [2.75, 3.05) is 0 Å². The van der Waals surface area contributed by atoms with Crippen molar-refractivity contribution in [3.05, 3.63) is 76.1 Å². The predicted octanol–water partition coefficient (Wildman–Crippen LogP) is 4.47. The molecule has 128 valence electrons. The molecule has 3 rings (SSSR count). The minimum absolute atomic E-state index is 0.0462. The van der Waals surface area contributed by atoms with Crippen molar-refractivity contribution in [2.45, 2.75) is 13.5 Å². The Balaban J connectivity index is 1.78. The number of carbonyl (C=O) groups is 1. The molecule has 0 radical (unpaired) electrons. The summed E-state index contributed by atoms with van der Waals surface area (Å²) in [6, 6.07) is 9.48. The number of hydrogen-bond donors (Lipinski definition) is 1. The molecule has 0 bridgehead atoms. The molecule has 25 heavy (non-hydrogen) atoms. The Labute approximate surface area is 146 Å². The first kappa shape index (κ1) is 17.2. The first-order valence-corrected chi connectivity index (χ1v) is 8.22. The van der Waals surface area contributed by atoms with Crippen molar-refractivity contribution in [3.8, 4) is 10.6 Å². The van der Waals surface area contributed by atoms with Crippen LogP contribution in [0.3, 0.4) is 0 Å². The van der Waals surface area contributed by atoms with Crippen molar-refractivity contribution in [3.63, 3.8) is 0 Å². The van der Waals surface area contributed by atoms with E-state index < -0.39 is 23.1 Å².